The molecule has 0 atom stereocenters. The van der Waals surface area contributed by atoms with E-state index >= 15 is 0 Å². The lowest BCUT2D eigenvalue weighted by molar-refractivity contribution is -0.133. The summed E-state index contributed by atoms with van der Waals surface area (Å²) < 4.78 is 0. The van der Waals surface area contributed by atoms with E-state index < -0.39 is 5.97 Å². The Morgan fingerprint density at radius 1 is 1.37 bits per heavy atom. The summed E-state index contributed by atoms with van der Waals surface area (Å²) in [6.45, 7) is 0. The molecule has 0 amide bonds. The molecule has 9 heteroatoms. The van der Waals surface area contributed by atoms with E-state index in [1.54, 1.807) is 17.3 Å². The minimum atomic E-state index is -0.901. The first-order valence-corrected chi connectivity index (χ1v) is 6.32. The van der Waals surface area contributed by atoms with E-state index in [0.717, 1.165) is 11.8 Å². The van der Waals surface area contributed by atoms with Crippen LogP contribution in [-0.4, -0.2) is 56.1 Å². The van der Waals surface area contributed by atoms with Crippen LogP contribution >= 0.6 is 11.8 Å². The average Bonchev–Trinajstić information content (AvgIpc) is 2.85. The van der Waals surface area contributed by atoms with E-state index in [1.165, 1.54) is 0 Å². The molecule has 2 aromatic rings. The minimum absolute atomic E-state index is 0.0648. The lowest BCUT2D eigenvalue weighted by atomic mass is 10.3. The number of aromatic nitrogens is 5. The zero-order valence-electron chi connectivity index (χ0n) is 10.4. The molecule has 2 rings (SSSR count). The molecule has 8 nitrogen and oxygen atoms in total. The molecule has 0 aliphatic rings. The average molecular weight is 280 g/mol. The summed E-state index contributed by atoms with van der Waals surface area (Å²) in [4.78, 5) is 23.5. The number of thioether (sulfide) groups is 1. The summed E-state index contributed by atoms with van der Waals surface area (Å²) in [5.41, 5.74) is 0.695. The van der Waals surface area contributed by atoms with Crippen LogP contribution in [0.1, 0.15) is 0 Å². The number of hydrogen-bond donors (Lipinski definition) is 2. The fourth-order valence-electron chi connectivity index (χ4n) is 1.25. The van der Waals surface area contributed by atoms with E-state index in [1.807, 2.05) is 14.1 Å². The van der Waals surface area contributed by atoms with Crippen molar-refractivity contribution in [1.29, 1.82) is 0 Å². The van der Waals surface area contributed by atoms with Crippen LogP contribution in [0.15, 0.2) is 17.6 Å². The smallest absolute Gasteiger partial charge is 0.313 e. The van der Waals surface area contributed by atoms with E-state index in [0.29, 0.717) is 22.5 Å². The second kappa shape index (κ2) is 5.65. The minimum Gasteiger partial charge on any atom is -0.481 e. The molecule has 0 aliphatic carbocycles. The lowest BCUT2D eigenvalue weighted by Gasteiger charge is -2.08. The Balaban J connectivity index is 2.11. The Kier molecular flexibility index (Phi) is 3.95. The van der Waals surface area contributed by atoms with Crippen molar-refractivity contribution in [3.8, 4) is 11.4 Å². The van der Waals surface area contributed by atoms with Gasteiger partial charge < -0.3 is 15.0 Å². The fourth-order valence-corrected chi connectivity index (χ4v) is 1.77. The van der Waals surface area contributed by atoms with Crippen molar-refractivity contribution in [2.75, 3.05) is 24.7 Å². The van der Waals surface area contributed by atoms with Gasteiger partial charge >= 0.3 is 5.97 Å². The molecule has 0 aromatic carbocycles. The third-order valence-corrected chi connectivity index (χ3v) is 2.96. The monoisotopic (exact) mass is 280 g/mol. The van der Waals surface area contributed by atoms with Crippen molar-refractivity contribution < 1.29 is 9.90 Å². The van der Waals surface area contributed by atoms with Crippen molar-refractivity contribution in [2.45, 2.75) is 5.16 Å². The quantitative estimate of drug-likeness (QED) is 0.762. The summed E-state index contributed by atoms with van der Waals surface area (Å²) >= 11 is 1.07. The van der Waals surface area contributed by atoms with Gasteiger partial charge in [0.2, 0.25) is 5.95 Å². The molecule has 0 saturated carbocycles. The van der Waals surface area contributed by atoms with Gasteiger partial charge in [-0.2, -0.15) is 0 Å². The van der Waals surface area contributed by atoms with Crippen LogP contribution in [0.4, 0.5) is 5.95 Å². The van der Waals surface area contributed by atoms with Crippen LogP contribution in [0.3, 0.4) is 0 Å². The first-order valence-electron chi connectivity index (χ1n) is 5.33. The van der Waals surface area contributed by atoms with Crippen molar-refractivity contribution in [3.63, 3.8) is 0 Å². The second-order valence-corrected chi connectivity index (χ2v) is 4.79. The van der Waals surface area contributed by atoms with Crippen LogP contribution in [0, 0.1) is 0 Å². The molecule has 2 N–H and O–H groups in total. The van der Waals surface area contributed by atoms with E-state index in [-0.39, 0.29) is 5.75 Å². The van der Waals surface area contributed by atoms with Crippen LogP contribution in [0.25, 0.3) is 11.4 Å². The predicted octanol–water partition coefficient (Wildman–Crippen LogP) is 0.504. The SMILES string of the molecule is CN(C)c1ncc(-c2nnc(SCC(=O)O)[nH]2)cn1. The standard InChI is InChI=1S/C10H12N6O2S/c1-16(2)9-11-3-6(4-12-9)8-13-10(15-14-8)19-5-7(17)18/h3-4H,5H2,1-2H3,(H,17,18)(H,13,14,15). The first-order chi connectivity index (χ1) is 9.06. The molecule has 0 bridgehead atoms. The van der Waals surface area contributed by atoms with Gasteiger partial charge in [0.15, 0.2) is 11.0 Å². The molecule has 19 heavy (non-hydrogen) atoms. The Hall–Kier alpha value is -2.16. The number of aliphatic carboxylic acids is 1. The van der Waals surface area contributed by atoms with Gasteiger partial charge in [0.1, 0.15) is 0 Å². The van der Waals surface area contributed by atoms with Gasteiger partial charge in [-0.1, -0.05) is 11.8 Å². The number of carboxylic acids is 1. The van der Waals surface area contributed by atoms with Gasteiger partial charge in [0.25, 0.3) is 0 Å². The Bertz CT molecular complexity index is 568. The van der Waals surface area contributed by atoms with E-state index in [2.05, 4.69) is 25.1 Å². The zero-order valence-corrected chi connectivity index (χ0v) is 11.2. The van der Waals surface area contributed by atoms with Gasteiger partial charge in [-0.15, -0.1) is 10.2 Å². The largest absolute Gasteiger partial charge is 0.481 e. The van der Waals surface area contributed by atoms with Crippen LogP contribution in [-0.2, 0) is 4.79 Å². The fraction of sp³-hybridized carbons (Fsp3) is 0.300. The number of rotatable bonds is 5. The van der Waals surface area contributed by atoms with Crippen molar-refractivity contribution in [2.24, 2.45) is 0 Å². The molecule has 0 saturated heterocycles. The highest BCUT2D eigenvalue weighted by molar-refractivity contribution is 7.99. The maximum absolute atomic E-state index is 10.4. The Morgan fingerprint density at radius 2 is 2.05 bits per heavy atom. The summed E-state index contributed by atoms with van der Waals surface area (Å²) in [5.74, 6) is 0.147. The first kappa shape index (κ1) is 13.3. The van der Waals surface area contributed by atoms with Crippen molar-refractivity contribution >= 4 is 23.7 Å². The highest BCUT2D eigenvalue weighted by Crippen LogP contribution is 2.18. The second-order valence-electron chi connectivity index (χ2n) is 3.83. The molecule has 0 spiro atoms. The number of carbonyl (C=O) groups is 1. The third-order valence-electron chi connectivity index (χ3n) is 2.11. The maximum Gasteiger partial charge on any atom is 0.313 e. The summed E-state index contributed by atoms with van der Waals surface area (Å²) in [7, 11) is 3.70. The Labute approximate surface area is 113 Å². The number of anilines is 1. The zero-order chi connectivity index (χ0) is 13.8. The lowest BCUT2D eigenvalue weighted by Crippen LogP contribution is -2.12. The molecule has 2 heterocycles. The molecule has 0 radical (unpaired) electrons. The van der Waals surface area contributed by atoms with E-state index in [4.69, 9.17) is 5.11 Å². The number of hydrogen-bond acceptors (Lipinski definition) is 7. The topological polar surface area (TPSA) is 108 Å². The molecule has 2 aromatic heterocycles. The highest BCUT2D eigenvalue weighted by Gasteiger charge is 2.09. The van der Waals surface area contributed by atoms with Gasteiger partial charge in [0.05, 0.1) is 11.3 Å². The van der Waals surface area contributed by atoms with Gasteiger partial charge in [-0.25, -0.2) is 9.97 Å². The Morgan fingerprint density at radius 3 is 2.63 bits per heavy atom. The number of H-pyrrole nitrogens is 1. The van der Waals surface area contributed by atoms with Crippen molar-refractivity contribution in [1.82, 2.24) is 25.1 Å². The van der Waals surface area contributed by atoms with Gasteiger partial charge in [0, 0.05) is 26.5 Å². The summed E-state index contributed by atoms with van der Waals surface area (Å²) in [5, 5.41) is 16.8. The third kappa shape index (κ3) is 3.41. The van der Waals surface area contributed by atoms with Crippen LogP contribution in [0.5, 0.6) is 0 Å². The molecular formula is C10H12N6O2S. The molecule has 100 valence electrons. The molecular weight excluding hydrogens is 268 g/mol. The van der Waals surface area contributed by atoms with Crippen LogP contribution < -0.4 is 4.90 Å². The summed E-state index contributed by atoms with van der Waals surface area (Å²) in [6, 6.07) is 0. The number of carboxylic acid groups (broad SMARTS) is 1. The van der Waals surface area contributed by atoms with Crippen LogP contribution in [0.2, 0.25) is 0 Å². The highest BCUT2D eigenvalue weighted by atomic mass is 32.2. The number of nitrogens with zero attached hydrogens (tertiary/aromatic N) is 5. The molecule has 0 aliphatic heterocycles. The van der Waals surface area contributed by atoms with Gasteiger partial charge in [-0.3, -0.25) is 4.79 Å². The van der Waals surface area contributed by atoms with Gasteiger partial charge in [-0.05, 0) is 0 Å². The van der Waals surface area contributed by atoms with E-state index in [9.17, 15) is 4.79 Å². The number of nitrogens with one attached hydrogen (secondary N) is 1. The van der Waals surface area contributed by atoms with Crippen molar-refractivity contribution in [3.05, 3.63) is 12.4 Å². The predicted molar refractivity (Wildman–Crippen MR) is 70.1 cm³/mol. The summed E-state index contributed by atoms with van der Waals surface area (Å²) in [6.07, 6.45) is 3.27. The maximum atomic E-state index is 10.4. The number of aromatic amines is 1. The molecule has 0 fully saturated rings. The molecule has 0 unspecified atom stereocenters. The normalized spacial score (nSPS) is 10.4.